The highest BCUT2D eigenvalue weighted by atomic mass is 35.5. The average Bonchev–Trinajstić information content (AvgIpc) is 3.23. The number of aryl methyl sites for hydroxylation is 2. The number of nitrogens with one attached hydrogen (secondary N) is 1. The molecule has 0 amide bonds. The number of hydrogen-bond acceptors (Lipinski definition) is 3. The molecule has 1 aromatic carbocycles. The predicted molar refractivity (Wildman–Crippen MR) is 85.0 cm³/mol. The van der Waals surface area contributed by atoms with Gasteiger partial charge in [-0.2, -0.15) is 5.10 Å². The molecule has 1 aromatic heterocycles. The zero-order valence-corrected chi connectivity index (χ0v) is 13.3. The smallest absolute Gasteiger partial charge is 0.151 e. The van der Waals surface area contributed by atoms with E-state index >= 15 is 0 Å². The molecule has 0 atom stereocenters. The second-order valence-corrected chi connectivity index (χ2v) is 5.86. The second kappa shape index (κ2) is 6.16. The third-order valence-electron chi connectivity index (χ3n) is 3.82. The van der Waals surface area contributed by atoms with Crippen LogP contribution in [0.25, 0.3) is 5.69 Å². The molecular formula is C16H21ClN4. The van der Waals surface area contributed by atoms with Crippen LogP contribution < -0.4 is 5.32 Å². The summed E-state index contributed by atoms with van der Waals surface area (Å²) in [6.45, 7) is 4.96. The van der Waals surface area contributed by atoms with E-state index in [4.69, 9.17) is 11.6 Å². The van der Waals surface area contributed by atoms with E-state index in [1.807, 2.05) is 16.8 Å². The molecule has 4 nitrogen and oxygen atoms in total. The molecule has 0 radical (unpaired) electrons. The fourth-order valence-electron chi connectivity index (χ4n) is 2.42. The summed E-state index contributed by atoms with van der Waals surface area (Å²) >= 11 is 6.42. The Labute approximate surface area is 130 Å². The molecule has 1 fully saturated rings. The van der Waals surface area contributed by atoms with Crippen LogP contribution in [-0.2, 0) is 19.4 Å². The minimum Gasteiger partial charge on any atom is -0.310 e. The summed E-state index contributed by atoms with van der Waals surface area (Å²) in [5.41, 5.74) is 2.15. The predicted octanol–water partition coefficient (Wildman–Crippen LogP) is 3.30. The fraction of sp³-hybridized carbons (Fsp3) is 0.500. The molecule has 0 aliphatic heterocycles. The van der Waals surface area contributed by atoms with Crippen molar-refractivity contribution in [3.63, 3.8) is 0 Å². The van der Waals surface area contributed by atoms with Crippen molar-refractivity contribution in [2.45, 2.75) is 52.1 Å². The van der Waals surface area contributed by atoms with Gasteiger partial charge in [0.25, 0.3) is 0 Å². The van der Waals surface area contributed by atoms with Gasteiger partial charge >= 0.3 is 0 Å². The largest absolute Gasteiger partial charge is 0.310 e. The lowest BCUT2D eigenvalue weighted by atomic mass is 10.1. The monoisotopic (exact) mass is 304 g/mol. The van der Waals surface area contributed by atoms with Crippen LogP contribution in [-0.4, -0.2) is 20.8 Å². The molecule has 0 spiro atoms. The lowest BCUT2D eigenvalue weighted by Gasteiger charge is -2.13. The summed E-state index contributed by atoms with van der Waals surface area (Å²) in [4.78, 5) is 4.59. The van der Waals surface area contributed by atoms with E-state index in [1.54, 1.807) is 0 Å². The van der Waals surface area contributed by atoms with Gasteiger partial charge in [0.15, 0.2) is 5.82 Å². The summed E-state index contributed by atoms with van der Waals surface area (Å²) in [7, 11) is 0. The van der Waals surface area contributed by atoms with Gasteiger partial charge in [-0.3, -0.25) is 0 Å². The van der Waals surface area contributed by atoms with Crippen molar-refractivity contribution in [3.8, 4) is 5.69 Å². The first-order valence-electron chi connectivity index (χ1n) is 7.68. The zero-order valence-electron chi connectivity index (χ0n) is 12.6. The Hall–Kier alpha value is -1.39. The summed E-state index contributed by atoms with van der Waals surface area (Å²) in [6.07, 6.45) is 4.23. The Balaban J connectivity index is 1.99. The molecule has 1 saturated carbocycles. The molecule has 0 bridgehead atoms. The van der Waals surface area contributed by atoms with Gasteiger partial charge in [0, 0.05) is 36.0 Å². The van der Waals surface area contributed by atoms with Crippen molar-refractivity contribution < 1.29 is 0 Å². The Kier molecular flexibility index (Phi) is 4.27. The molecule has 2 aromatic rings. The van der Waals surface area contributed by atoms with E-state index in [1.165, 1.54) is 12.8 Å². The topological polar surface area (TPSA) is 42.7 Å². The molecule has 3 rings (SSSR count). The molecule has 1 N–H and O–H groups in total. The maximum Gasteiger partial charge on any atom is 0.151 e. The third kappa shape index (κ3) is 3.11. The van der Waals surface area contributed by atoms with Gasteiger partial charge in [0.05, 0.1) is 5.69 Å². The zero-order chi connectivity index (χ0) is 14.8. The molecule has 0 saturated heterocycles. The SMILES string of the molecule is CCc1nc(CC)n(-c2cccc(Cl)c2CNC2CC2)n1. The Bertz CT molecular complexity index is 631. The van der Waals surface area contributed by atoms with Crippen molar-refractivity contribution in [3.05, 3.63) is 40.4 Å². The summed E-state index contributed by atoms with van der Waals surface area (Å²) in [5.74, 6) is 1.87. The van der Waals surface area contributed by atoms with Crippen molar-refractivity contribution in [2.75, 3.05) is 0 Å². The maximum absolute atomic E-state index is 6.42. The molecule has 1 aliphatic carbocycles. The van der Waals surface area contributed by atoms with Crippen LogP contribution in [0.4, 0.5) is 0 Å². The van der Waals surface area contributed by atoms with Crippen molar-refractivity contribution in [1.82, 2.24) is 20.1 Å². The lowest BCUT2D eigenvalue weighted by molar-refractivity contribution is 0.677. The normalized spacial score (nSPS) is 14.6. The highest BCUT2D eigenvalue weighted by Gasteiger charge is 2.22. The number of halogens is 1. The first kappa shape index (κ1) is 14.5. The molecule has 5 heteroatoms. The molecule has 0 unspecified atom stereocenters. The third-order valence-corrected chi connectivity index (χ3v) is 4.17. The van der Waals surface area contributed by atoms with Gasteiger partial charge in [-0.05, 0) is 25.0 Å². The second-order valence-electron chi connectivity index (χ2n) is 5.46. The quantitative estimate of drug-likeness (QED) is 0.890. The van der Waals surface area contributed by atoms with Crippen LogP contribution in [0.2, 0.25) is 5.02 Å². The van der Waals surface area contributed by atoms with E-state index < -0.39 is 0 Å². The Morgan fingerprint density at radius 1 is 1.29 bits per heavy atom. The van der Waals surface area contributed by atoms with Crippen LogP contribution in [0.3, 0.4) is 0 Å². The van der Waals surface area contributed by atoms with Gasteiger partial charge < -0.3 is 5.32 Å². The number of aromatic nitrogens is 3. The first-order valence-corrected chi connectivity index (χ1v) is 8.06. The van der Waals surface area contributed by atoms with Gasteiger partial charge in [-0.1, -0.05) is 31.5 Å². The molecule has 1 aliphatic rings. The first-order chi connectivity index (χ1) is 10.2. The Morgan fingerprint density at radius 2 is 2.10 bits per heavy atom. The summed E-state index contributed by atoms with van der Waals surface area (Å²) < 4.78 is 1.95. The van der Waals surface area contributed by atoms with Crippen molar-refractivity contribution in [2.24, 2.45) is 0 Å². The van der Waals surface area contributed by atoms with E-state index in [-0.39, 0.29) is 0 Å². The number of nitrogens with zero attached hydrogens (tertiary/aromatic N) is 3. The van der Waals surface area contributed by atoms with Crippen molar-refractivity contribution >= 4 is 11.6 Å². The number of hydrogen-bond donors (Lipinski definition) is 1. The molecule has 1 heterocycles. The van der Waals surface area contributed by atoms with Crippen LogP contribution >= 0.6 is 11.6 Å². The van der Waals surface area contributed by atoms with E-state index in [2.05, 4.69) is 35.3 Å². The molecule has 21 heavy (non-hydrogen) atoms. The van der Waals surface area contributed by atoms with Gasteiger partial charge in [-0.25, -0.2) is 9.67 Å². The van der Waals surface area contributed by atoms with Crippen LogP contribution in [0.1, 0.15) is 43.9 Å². The molecular weight excluding hydrogens is 284 g/mol. The van der Waals surface area contributed by atoms with Gasteiger partial charge in [0.2, 0.25) is 0 Å². The fourth-order valence-corrected chi connectivity index (χ4v) is 2.65. The van der Waals surface area contributed by atoms with E-state index in [0.717, 1.165) is 47.3 Å². The van der Waals surface area contributed by atoms with Crippen LogP contribution in [0.5, 0.6) is 0 Å². The summed E-state index contributed by atoms with van der Waals surface area (Å²) in [5, 5.41) is 8.96. The number of rotatable bonds is 6. The van der Waals surface area contributed by atoms with E-state index in [0.29, 0.717) is 6.04 Å². The Morgan fingerprint density at radius 3 is 2.76 bits per heavy atom. The molecule has 112 valence electrons. The standard InChI is InChI=1S/C16H21ClN4/c1-3-15-19-16(4-2)21(20-15)14-7-5-6-13(17)12(14)10-18-11-8-9-11/h5-7,11,18H,3-4,8-10H2,1-2H3. The van der Waals surface area contributed by atoms with Gasteiger partial charge in [-0.15, -0.1) is 0 Å². The number of benzene rings is 1. The summed E-state index contributed by atoms with van der Waals surface area (Å²) in [6, 6.07) is 6.65. The lowest BCUT2D eigenvalue weighted by Crippen LogP contribution is -2.18. The maximum atomic E-state index is 6.42. The average molecular weight is 305 g/mol. The van der Waals surface area contributed by atoms with E-state index in [9.17, 15) is 0 Å². The highest BCUT2D eigenvalue weighted by Crippen LogP contribution is 2.26. The highest BCUT2D eigenvalue weighted by molar-refractivity contribution is 6.31. The van der Waals surface area contributed by atoms with Crippen LogP contribution in [0.15, 0.2) is 18.2 Å². The van der Waals surface area contributed by atoms with Crippen LogP contribution in [0, 0.1) is 0 Å². The van der Waals surface area contributed by atoms with Crippen molar-refractivity contribution in [1.29, 1.82) is 0 Å². The van der Waals surface area contributed by atoms with Gasteiger partial charge in [0.1, 0.15) is 5.82 Å². The minimum atomic E-state index is 0.654. The minimum absolute atomic E-state index is 0.654.